The molecule has 0 amide bonds. The van der Waals surface area contributed by atoms with Crippen LogP contribution in [-0.2, 0) is 5.54 Å². The van der Waals surface area contributed by atoms with Crippen LogP contribution in [0.1, 0.15) is 44.7 Å². The van der Waals surface area contributed by atoms with Gasteiger partial charge in [0.15, 0.2) is 0 Å². The third-order valence-corrected chi connectivity index (χ3v) is 9.69. The summed E-state index contributed by atoms with van der Waals surface area (Å²) in [4.78, 5) is 2.31. The van der Waals surface area contributed by atoms with Crippen molar-refractivity contribution in [3.63, 3.8) is 0 Å². The van der Waals surface area contributed by atoms with Gasteiger partial charge in [0.25, 0.3) is 0 Å². The molecule has 6 aromatic carbocycles. The molecule has 2 heteroatoms. The molecule has 0 saturated heterocycles. The second-order valence-corrected chi connectivity index (χ2v) is 13.3. The molecular weight excluding hydrogens is 556 g/mol. The number of hydrogen-bond donors (Lipinski definition) is 0. The number of nitrogens with zero attached hydrogens (tertiary/aromatic N) is 2. The third kappa shape index (κ3) is 4.56. The van der Waals surface area contributed by atoms with E-state index in [-0.39, 0.29) is 5.54 Å². The van der Waals surface area contributed by atoms with E-state index in [2.05, 4.69) is 189 Å². The molecule has 1 aliphatic rings. The molecular formula is C44H38N2. The van der Waals surface area contributed by atoms with Gasteiger partial charge in [0.05, 0.1) is 11.2 Å². The molecule has 0 N–H and O–H groups in total. The number of benzene rings is 6. The van der Waals surface area contributed by atoms with Gasteiger partial charge in [0.2, 0.25) is 0 Å². The van der Waals surface area contributed by atoms with Crippen molar-refractivity contribution in [1.82, 2.24) is 4.57 Å². The maximum Gasteiger partial charge on any atom is 0.0653 e. The molecule has 0 atom stereocenters. The zero-order valence-electron chi connectivity index (χ0n) is 26.9. The minimum atomic E-state index is -0.0730. The number of hydrogen-bond acceptors (Lipinski definition) is 1. The molecule has 8 rings (SSSR count). The van der Waals surface area contributed by atoms with Gasteiger partial charge in [-0.15, -0.1) is 0 Å². The predicted octanol–water partition coefficient (Wildman–Crippen LogP) is 12.3. The lowest BCUT2D eigenvalue weighted by molar-refractivity contribution is 0.476. The monoisotopic (exact) mass is 594 g/mol. The number of rotatable bonds is 6. The van der Waals surface area contributed by atoms with Crippen LogP contribution < -0.4 is 4.90 Å². The van der Waals surface area contributed by atoms with Crippen LogP contribution in [0.25, 0.3) is 44.4 Å². The molecule has 46 heavy (non-hydrogen) atoms. The summed E-state index contributed by atoms with van der Waals surface area (Å²) < 4.78 is 2.51. The Balaban J connectivity index is 1.15. The molecule has 1 aliphatic heterocycles. The SMILES string of the molecule is CC(C)c1cc(-c2ccc3c(c2)cc2n3C(C)(C)c3ccccc3-2)ccc1-c1ccc(N(c2ccccc2)c2ccccc2)cc1. The quantitative estimate of drug-likeness (QED) is 0.186. The van der Waals surface area contributed by atoms with Gasteiger partial charge in [-0.05, 0) is 108 Å². The second kappa shape index (κ2) is 10.9. The summed E-state index contributed by atoms with van der Waals surface area (Å²) in [7, 11) is 0. The van der Waals surface area contributed by atoms with Gasteiger partial charge in [-0.2, -0.15) is 0 Å². The van der Waals surface area contributed by atoms with Crippen LogP contribution in [0.15, 0.2) is 152 Å². The zero-order valence-corrected chi connectivity index (χ0v) is 26.9. The van der Waals surface area contributed by atoms with Crippen LogP contribution in [0, 0.1) is 0 Å². The lowest BCUT2D eigenvalue weighted by Gasteiger charge is -2.25. The maximum atomic E-state index is 2.51. The van der Waals surface area contributed by atoms with E-state index in [9.17, 15) is 0 Å². The summed E-state index contributed by atoms with van der Waals surface area (Å²) in [6.07, 6.45) is 0. The topological polar surface area (TPSA) is 8.17 Å². The highest BCUT2D eigenvalue weighted by atomic mass is 15.1. The summed E-state index contributed by atoms with van der Waals surface area (Å²) in [6.45, 7) is 9.25. The number of para-hydroxylation sites is 2. The molecule has 0 aliphatic carbocycles. The molecule has 1 aromatic heterocycles. The van der Waals surface area contributed by atoms with Crippen LogP contribution in [-0.4, -0.2) is 4.57 Å². The largest absolute Gasteiger partial charge is 0.331 e. The Bertz CT molecular complexity index is 2150. The molecule has 0 radical (unpaired) electrons. The van der Waals surface area contributed by atoms with Crippen LogP contribution in [0.2, 0.25) is 0 Å². The Kier molecular flexibility index (Phi) is 6.69. The van der Waals surface area contributed by atoms with Crippen LogP contribution in [0.4, 0.5) is 17.1 Å². The van der Waals surface area contributed by atoms with E-state index in [0.717, 1.165) is 17.1 Å². The first-order valence-electron chi connectivity index (χ1n) is 16.3. The lowest BCUT2D eigenvalue weighted by atomic mass is 9.89. The van der Waals surface area contributed by atoms with Gasteiger partial charge in [-0.25, -0.2) is 0 Å². The van der Waals surface area contributed by atoms with Gasteiger partial charge in [-0.1, -0.05) is 111 Å². The van der Waals surface area contributed by atoms with E-state index >= 15 is 0 Å². The minimum Gasteiger partial charge on any atom is -0.331 e. The fourth-order valence-electron chi connectivity index (χ4n) is 7.43. The van der Waals surface area contributed by atoms with Crippen molar-refractivity contribution < 1.29 is 0 Å². The van der Waals surface area contributed by atoms with Gasteiger partial charge in [0, 0.05) is 33.5 Å². The molecule has 2 heterocycles. The third-order valence-electron chi connectivity index (χ3n) is 9.69. The molecule has 0 fully saturated rings. The first kappa shape index (κ1) is 28.2. The highest BCUT2D eigenvalue weighted by Crippen LogP contribution is 2.47. The van der Waals surface area contributed by atoms with E-state index in [4.69, 9.17) is 0 Å². The zero-order chi connectivity index (χ0) is 31.4. The van der Waals surface area contributed by atoms with Crippen LogP contribution >= 0.6 is 0 Å². The van der Waals surface area contributed by atoms with E-state index in [1.54, 1.807) is 0 Å². The first-order valence-corrected chi connectivity index (χ1v) is 16.3. The summed E-state index contributed by atoms with van der Waals surface area (Å²) in [6, 6.07) is 55.4. The fourth-order valence-corrected chi connectivity index (χ4v) is 7.43. The Morgan fingerprint density at radius 1 is 0.522 bits per heavy atom. The number of aromatic nitrogens is 1. The van der Waals surface area contributed by atoms with Gasteiger partial charge in [0.1, 0.15) is 0 Å². The summed E-state index contributed by atoms with van der Waals surface area (Å²) in [5.74, 6) is 0.388. The highest BCUT2D eigenvalue weighted by Gasteiger charge is 2.36. The molecule has 0 unspecified atom stereocenters. The van der Waals surface area contributed by atoms with Crippen molar-refractivity contribution in [2.75, 3.05) is 4.90 Å². The van der Waals surface area contributed by atoms with E-state index in [0.29, 0.717) is 5.92 Å². The Morgan fingerprint density at radius 3 is 1.76 bits per heavy atom. The normalized spacial score (nSPS) is 13.2. The Morgan fingerprint density at radius 2 is 1.09 bits per heavy atom. The molecule has 224 valence electrons. The smallest absolute Gasteiger partial charge is 0.0653 e. The molecule has 0 bridgehead atoms. The van der Waals surface area contributed by atoms with Gasteiger partial charge < -0.3 is 9.47 Å². The van der Waals surface area contributed by atoms with Crippen LogP contribution in [0.3, 0.4) is 0 Å². The molecule has 0 saturated carbocycles. The van der Waals surface area contributed by atoms with Gasteiger partial charge >= 0.3 is 0 Å². The second-order valence-electron chi connectivity index (χ2n) is 13.3. The first-order chi connectivity index (χ1) is 22.4. The van der Waals surface area contributed by atoms with E-state index in [1.165, 1.54) is 55.5 Å². The average molecular weight is 595 g/mol. The van der Waals surface area contributed by atoms with Crippen molar-refractivity contribution in [2.45, 2.75) is 39.2 Å². The van der Waals surface area contributed by atoms with Crippen molar-refractivity contribution in [1.29, 1.82) is 0 Å². The van der Waals surface area contributed by atoms with Gasteiger partial charge in [-0.3, -0.25) is 0 Å². The van der Waals surface area contributed by atoms with E-state index < -0.39 is 0 Å². The Hall–Kier alpha value is -5.34. The molecule has 0 spiro atoms. The average Bonchev–Trinajstić information content (AvgIpc) is 3.59. The van der Waals surface area contributed by atoms with Crippen LogP contribution in [0.5, 0.6) is 0 Å². The molecule has 7 aromatic rings. The standard InChI is InChI=1S/C44H38N2/c1-30(2)40-28-33(32-22-26-42-34(27-32)29-43-39-17-11-12-18-41(39)44(3,4)46(42)43)21-25-38(40)31-19-23-37(24-20-31)45(35-13-7-5-8-14-35)36-15-9-6-10-16-36/h5-30H,1-4H3. The summed E-state index contributed by atoms with van der Waals surface area (Å²) in [5.41, 5.74) is 15.1. The fraction of sp³-hybridized carbons (Fsp3) is 0.136. The van der Waals surface area contributed by atoms with E-state index in [1.807, 2.05) is 0 Å². The van der Waals surface area contributed by atoms with Crippen molar-refractivity contribution in [3.05, 3.63) is 163 Å². The number of fused-ring (bicyclic) bond motifs is 5. The summed E-state index contributed by atoms with van der Waals surface area (Å²) >= 11 is 0. The maximum absolute atomic E-state index is 2.51. The predicted molar refractivity (Wildman–Crippen MR) is 195 cm³/mol. The number of anilines is 3. The molecule has 2 nitrogen and oxygen atoms in total. The van der Waals surface area contributed by atoms with Crippen molar-refractivity contribution >= 4 is 28.0 Å². The lowest BCUT2D eigenvalue weighted by Crippen LogP contribution is -2.23. The Labute approximate surface area is 272 Å². The summed E-state index contributed by atoms with van der Waals surface area (Å²) in [5, 5.41) is 1.29. The van der Waals surface area contributed by atoms with Crippen molar-refractivity contribution in [3.8, 4) is 33.5 Å². The minimum absolute atomic E-state index is 0.0730. The van der Waals surface area contributed by atoms with Crippen molar-refractivity contribution in [2.24, 2.45) is 0 Å². The highest BCUT2D eigenvalue weighted by molar-refractivity contribution is 5.94.